The second-order valence-electron chi connectivity index (χ2n) is 4.13. The van der Waals surface area contributed by atoms with E-state index in [1.165, 1.54) is 0 Å². The molecule has 106 valence electrons. The summed E-state index contributed by atoms with van der Waals surface area (Å²) in [6, 6.07) is 4.71. The van der Waals surface area contributed by atoms with Crippen molar-refractivity contribution in [3.63, 3.8) is 0 Å². The Bertz CT molecular complexity index is 617. The molecule has 0 bridgehead atoms. The lowest BCUT2D eigenvalue weighted by molar-refractivity contribution is 0.0697. The highest BCUT2D eigenvalue weighted by Crippen LogP contribution is 2.30. The number of thiophene rings is 1. The van der Waals surface area contributed by atoms with E-state index in [1.807, 2.05) is 6.92 Å². The fraction of sp³-hybridized carbons (Fsp3) is 0.214. The number of aromatic carboxylic acids is 1. The van der Waals surface area contributed by atoms with Gasteiger partial charge in [-0.25, -0.2) is 13.6 Å². The van der Waals surface area contributed by atoms with Crippen LogP contribution in [0.5, 0.6) is 5.75 Å². The lowest BCUT2D eigenvalue weighted by Gasteiger charge is -2.06. The molecule has 0 atom stereocenters. The van der Waals surface area contributed by atoms with Crippen LogP contribution < -0.4 is 4.74 Å². The number of hydrogen-bond donors (Lipinski definition) is 1. The van der Waals surface area contributed by atoms with Crippen LogP contribution in [0.1, 0.15) is 27.0 Å². The number of aryl methyl sites for hydroxylation is 1. The monoisotopic (exact) mass is 298 g/mol. The zero-order valence-corrected chi connectivity index (χ0v) is 11.5. The summed E-state index contributed by atoms with van der Waals surface area (Å²) in [6.45, 7) is 1.82. The van der Waals surface area contributed by atoms with Crippen LogP contribution in [0.3, 0.4) is 0 Å². The van der Waals surface area contributed by atoms with Gasteiger partial charge in [-0.15, -0.1) is 11.3 Å². The van der Waals surface area contributed by atoms with E-state index in [0.717, 1.165) is 34.4 Å². The smallest absolute Gasteiger partial charge is 0.349 e. The first-order valence-electron chi connectivity index (χ1n) is 5.93. The van der Waals surface area contributed by atoms with Crippen molar-refractivity contribution >= 4 is 17.3 Å². The van der Waals surface area contributed by atoms with Gasteiger partial charge in [0.25, 0.3) is 0 Å². The predicted octanol–water partition coefficient (Wildman–Crippen LogP) is 3.87. The number of benzene rings is 1. The van der Waals surface area contributed by atoms with E-state index >= 15 is 0 Å². The third kappa shape index (κ3) is 3.33. The first-order valence-corrected chi connectivity index (χ1v) is 6.75. The minimum Gasteiger partial charge on any atom is -0.487 e. The third-order valence-corrected chi connectivity index (χ3v) is 3.86. The summed E-state index contributed by atoms with van der Waals surface area (Å²) in [6.07, 6.45) is 0.697. The maximum Gasteiger partial charge on any atom is 0.349 e. The lowest BCUT2D eigenvalue weighted by atomic mass is 10.2. The van der Waals surface area contributed by atoms with Gasteiger partial charge in [0, 0.05) is 10.9 Å². The van der Waals surface area contributed by atoms with Crippen molar-refractivity contribution in [1.29, 1.82) is 0 Å². The average molecular weight is 298 g/mol. The molecule has 0 saturated carbocycles. The first kappa shape index (κ1) is 14.5. The number of carboxylic acid groups (broad SMARTS) is 1. The average Bonchev–Trinajstić information content (AvgIpc) is 2.78. The summed E-state index contributed by atoms with van der Waals surface area (Å²) < 4.78 is 31.4. The molecule has 0 saturated heterocycles. The van der Waals surface area contributed by atoms with Gasteiger partial charge in [-0.1, -0.05) is 6.92 Å². The quantitative estimate of drug-likeness (QED) is 0.911. The molecule has 1 N–H and O–H groups in total. The number of carboxylic acids is 1. The van der Waals surface area contributed by atoms with E-state index in [9.17, 15) is 13.6 Å². The molecule has 0 unspecified atom stereocenters. The highest BCUT2D eigenvalue weighted by molar-refractivity contribution is 7.14. The summed E-state index contributed by atoms with van der Waals surface area (Å²) in [5.74, 6) is -2.23. The minimum atomic E-state index is -1.07. The van der Waals surface area contributed by atoms with E-state index in [0.29, 0.717) is 12.0 Å². The van der Waals surface area contributed by atoms with Crippen molar-refractivity contribution in [2.75, 3.05) is 0 Å². The molecule has 0 aliphatic rings. The number of rotatable bonds is 5. The van der Waals surface area contributed by atoms with Crippen molar-refractivity contribution in [2.24, 2.45) is 0 Å². The number of halogens is 2. The Morgan fingerprint density at radius 1 is 1.25 bits per heavy atom. The molecule has 1 aromatic heterocycles. The summed E-state index contributed by atoms with van der Waals surface area (Å²) in [7, 11) is 0. The largest absolute Gasteiger partial charge is 0.487 e. The zero-order chi connectivity index (χ0) is 14.7. The highest BCUT2D eigenvalue weighted by atomic mass is 32.1. The first-order chi connectivity index (χ1) is 9.49. The zero-order valence-electron chi connectivity index (χ0n) is 10.7. The fourth-order valence-electron chi connectivity index (χ4n) is 1.71. The maximum absolute atomic E-state index is 13.0. The van der Waals surface area contributed by atoms with Gasteiger partial charge < -0.3 is 9.84 Å². The van der Waals surface area contributed by atoms with Gasteiger partial charge in [-0.3, -0.25) is 0 Å². The van der Waals surface area contributed by atoms with Crippen LogP contribution in [0.2, 0.25) is 0 Å². The fourth-order valence-corrected chi connectivity index (χ4v) is 2.59. The molecule has 0 spiro atoms. The molecule has 0 radical (unpaired) electrons. The van der Waals surface area contributed by atoms with Crippen LogP contribution in [0, 0.1) is 11.6 Å². The topological polar surface area (TPSA) is 46.5 Å². The van der Waals surface area contributed by atoms with Crippen LogP contribution in [-0.4, -0.2) is 11.1 Å². The Morgan fingerprint density at radius 3 is 2.45 bits per heavy atom. The van der Waals surface area contributed by atoms with Gasteiger partial charge in [0.2, 0.25) is 0 Å². The van der Waals surface area contributed by atoms with Crippen molar-refractivity contribution in [2.45, 2.75) is 20.0 Å². The Balaban J connectivity index is 2.17. The molecular formula is C14H12F2O3S. The molecular weight excluding hydrogens is 286 g/mol. The summed E-state index contributed by atoms with van der Waals surface area (Å²) in [5, 5.41) is 9.07. The van der Waals surface area contributed by atoms with Gasteiger partial charge >= 0.3 is 5.97 Å². The van der Waals surface area contributed by atoms with Gasteiger partial charge in [0.1, 0.15) is 24.0 Å². The summed E-state index contributed by atoms with van der Waals surface area (Å²) in [5.41, 5.74) is 0.308. The number of hydrogen-bond acceptors (Lipinski definition) is 3. The second-order valence-corrected chi connectivity index (χ2v) is 5.27. The van der Waals surface area contributed by atoms with Gasteiger partial charge in [-0.05, 0) is 30.2 Å². The van der Waals surface area contributed by atoms with Crippen molar-refractivity contribution in [1.82, 2.24) is 0 Å². The SMILES string of the molecule is CCc1cc(OCc2cc(F)cc(F)c2)c(C(=O)O)s1. The molecule has 0 fully saturated rings. The normalized spacial score (nSPS) is 10.6. The van der Waals surface area contributed by atoms with Crippen LogP contribution >= 0.6 is 11.3 Å². The molecule has 2 aromatic rings. The standard InChI is InChI=1S/C14H12F2O3S/c1-2-11-6-12(13(20-11)14(17)18)19-7-8-3-9(15)5-10(16)4-8/h3-6H,2,7H2,1H3,(H,17,18). The molecule has 0 amide bonds. The van der Waals surface area contributed by atoms with Crippen LogP contribution in [-0.2, 0) is 13.0 Å². The van der Waals surface area contributed by atoms with Gasteiger partial charge in [0.05, 0.1) is 0 Å². The predicted molar refractivity (Wildman–Crippen MR) is 71.3 cm³/mol. The summed E-state index contributed by atoms with van der Waals surface area (Å²) >= 11 is 1.14. The number of ether oxygens (including phenoxy) is 1. The van der Waals surface area contributed by atoms with E-state index in [-0.39, 0.29) is 17.2 Å². The Hall–Kier alpha value is -1.95. The third-order valence-electron chi connectivity index (χ3n) is 2.61. The molecule has 1 heterocycles. The van der Waals surface area contributed by atoms with Crippen LogP contribution in [0.4, 0.5) is 8.78 Å². The highest BCUT2D eigenvalue weighted by Gasteiger charge is 2.16. The Morgan fingerprint density at radius 2 is 1.90 bits per heavy atom. The van der Waals surface area contributed by atoms with E-state index in [2.05, 4.69) is 0 Å². The molecule has 0 aliphatic heterocycles. The van der Waals surface area contributed by atoms with Crippen molar-refractivity contribution in [3.05, 3.63) is 51.2 Å². The van der Waals surface area contributed by atoms with Crippen molar-refractivity contribution in [3.8, 4) is 5.75 Å². The second kappa shape index (κ2) is 6.00. The Labute approximate surface area is 118 Å². The van der Waals surface area contributed by atoms with E-state index in [1.54, 1.807) is 6.07 Å². The van der Waals surface area contributed by atoms with Gasteiger partial charge in [-0.2, -0.15) is 0 Å². The molecule has 2 rings (SSSR count). The Kier molecular flexibility index (Phi) is 4.34. The van der Waals surface area contributed by atoms with E-state index < -0.39 is 17.6 Å². The minimum absolute atomic E-state index is 0.0884. The lowest BCUT2D eigenvalue weighted by Crippen LogP contribution is -2.01. The van der Waals surface area contributed by atoms with Gasteiger partial charge in [0.15, 0.2) is 4.88 Å². The number of carbonyl (C=O) groups is 1. The van der Waals surface area contributed by atoms with Crippen LogP contribution in [0.25, 0.3) is 0 Å². The van der Waals surface area contributed by atoms with Crippen molar-refractivity contribution < 1.29 is 23.4 Å². The molecule has 20 heavy (non-hydrogen) atoms. The molecule has 1 aromatic carbocycles. The summed E-state index contributed by atoms with van der Waals surface area (Å²) in [4.78, 5) is 12.1. The van der Waals surface area contributed by atoms with Crippen LogP contribution in [0.15, 0.2) is 24.3 Å². The molecule has 3 nitrogen and oxygen atoms in total. The maximum atomic E-state index is 13.0. The molecule has 6 heteroatoms. The van der Waals surface area contributed by atoms with E-state index in [4.69, 9.17) is 9.84 Å². The molecule has 0 aliphatic carbocycles.